The molecule has 1 saturated heterocycles. The molecule has 2 aliphatic rings. The van der Waals surface area contributed by atoms with Crippen molar-refractivity contribution in [2.24, 2.45) is 9.98 Å². The molecule has 6 heteroatoms. The molecule has 1 fully saturated rings. The first kappa shape index (κ1) is 19.3. The van der Waals surface area contributed by atoms with E-state index in [0.29, 0.717) is 11.3 Å². The Hall–Kier alpha value is -2.66. The number of aromatic nitrogens is 1. The summed E-state index contributed by atoms with van der Waals surface area (Å²) < 4.78 is 0. The molecule has 154 valence electrons. The standard InChI is InChI=1S/C24H25ClN4O/c1-3-4-17-21(8-7-20-23(17)28-24(30)27-20)29-11-9-15(10-12-29)22-14(2)26-19-6-5-16(25)13-18(19)22/h5-8,13,15,26H,3-4,9-12H2,1-2H3. The zero-order valence-electron chi connectivity index (χ0n) is 17.3. The Bertz CT molecular complexity index is 1270. The van der Waals surface area contributed by atoms with Crippen LogP contribution in [0, 0.1) is 6.92 Å². The molecule has 3 aromatic rings. The van der Waals surface area contributed by atoms with E-state index in [1.165, 1.54) is 22.3 Å². The van der Waals surface area contributed by atoms with Gasteiger partial charge in [0.25, 0.3) is 0 Å². The maximum atomic E-state index is 11.7. The van der Waals surface area contributed by atoms with E-state index in [1.807, 2.05) is 12.1 Å². The molecule has 0 saturated carbocycles. The van der Waals surface area contributed by atoms with E-state index < -0.39 is 0 Å². The van der Waals surface area contributed by atoms with E-state index in [4.69, 9.17) is 11.6 Å². The van der Waals surface area contributed by atoms with Crippen LogP contribution in [-0.4, -0.2) is 24.1 Å². The number of piperidine rings is 1. The number of aryl methyl sites for hydroxylation is 1. The number of benzene rings is 2. The molecule has 0 radical (unpaired) electrons. The van der Waals surface area contributed by atoms with Crippen molar-refractivity contribution >= 4 is 34.2 Å². The van der Waals surface area contributed by atoms with Crippen LogP contribution in [0.3, 0.4) is 0 Å². The third kappa shape index (κ3) is 3.21. The number of amides is 2. The number of aromatic amines is 1. The minimum atomic E-state index is -0.383. The lowest BCUT2D eigenvalue weighted by atomic mass is 9.87. The Morgan fingerprint density at radius 3 is 2.73 bits per heavy atom. The molecule has 3 heterocycles. The molecular formula is C24H25ClN4O. The fraction of sp³-hybridized carbons (Fsp3) is 0.375. The monoisotopic (exact) mass is 420 g/mol. The van der Waals surface area contributed by atoms with Crippen LogP contribution in [0.5, 0.6) is 0 Å². The van der Waals surface area contributed by atoms with Crippen LogP contribution >= 0.6 is 11.6 Å². The van der Waals surface area contributed by atoms with E-state index in [9.17, 15) is 4.79 Å². The molecule has 2 aliphatic heterocycles. The Morgan fingerprint density at radius 1 is 1.17 bits per heavy atom. The summed E-state index contributed by atoms with van der Waals surface area (Å²) in [4.78, 5) is 25.9. The molecule has 2 amide bonds. The van der Waals surface area contributed by atoms with Crippen molar-refractivity contribution in [2.45, 2.75) is 45.4 Å². The highest BCUT2D eigenvalue weighted by molar-refractivity contribution is 6.31. The van der Waals surface area contributed by atoms with Gasteiger partial charge in [0.05, 0.1) is 10.7 Å². The number of carbonyl (C=O) groups excluding carboxylic acids is 1. The lowest BCUT2D eigenvalue weighted by molar-refractivity contribution is 0.256. The second-order valence-electron chi connectivity index (χ2n) is 8.30. The number of rotatable bonds is 4. The minimum Gasteiger partial charge on any atom is -0.371 e. The lowest BCUT2D eigenvalue weighted by Crippen LogP contribution is -2.37. The van der Waals surface area contributed by atoms with Gasteiger partial charge in [0, 0.05) is 46.0 Å². The van der Waals surface area contributed by atoms with Crippen LogP contribution in [0.4, 0.5) is 10.5 Å². The van der Waals surface area contributed by atoms with E-state index in [0.717, 1.165) is 60.2 Å². The first-order valence-electron chi connectivity index (χ1n) is 10.7. The Balaban J connectivity index is 1.44. The molecule has 5 rings (SSSR count). The zero-order valence-corrected chi connectivity index (χ0v) is 18.1. The van der Waals surface area contributed by atoms with E-state index in [-0.39, 0.29) is 6.03 Å². The molecule has 0 unspecified atom stereocenters. The van der Waals surface area contributed by atoms with Crippen molar-refractivity contribution in [3.05, 3.63) is 62.9 Å². The first-order valence-corrected chi connectivity index (χ1v) is 11.1. The van der Waals surface area contributed by atoms with Gasteiger partial charge in [-0.1, -0.05) is 24.9 Å². The van der Waals surface area contributed by atoms with E-state index >= 15 is 0 Å². The van der Waals surface area contributed by atoms with Gasteiger partial charge in [-0.2, -0.15) is 9.98 Å². The molecule has 0 spiro atoms. The summed E-state index contributed by atoms with van der Waals surface area (Å²) in [5.74, 6) is 0.513. The Labute approximate surface area is 180 Å². The molecule has 1 aromatic heterocycles. The van der Waals surface area contributed by atoms with Crippen LogP contribution in [-0.2, 0) is 6.42 Å². The SMILES string of the molecule is CCCc1c(N2CCC(c3c(C)[nH]c4ccc(Cl)cc34)CC2)ccc2c1=NC(=O)N=2. The topological polar surface area (TPSA) is 60.8 Å². The van der Waals surface area contributed by atoms with Crippen molar-refractivity contribution in [3.8, 4) is 0 Å². The molecule has 0 aliphatic carbocycles. The summed E-state index contributed by atoms with van der Waals surface area (Å²) in [5, 5.41) is 3.53. The smallest absolute Gasteiger partial charge is 0.368 e. The average Bonchev–Trinajstić information content (AvgIpc) is 3.27. The average molecular weight is 421 g/mol. The first-order chi connectivity index (χ1) is 14.5. The number of carbonyl (C=O) groups is 1. The van der Waals surface area contributed by atoms with E-state index in [1.54, 1.807) is 0 Å². The predicted molar refractivity (Wildman–Crippen MR) is 120 cm³/mol. The highest BCUT2D eigenvalue weighted by Crippen LogP contribution is 2.37. The molecule has 2 aromatic carbocycles. The van der Waals surface area contributed by atoms with Crippen LogP contribution in [0.1, 0.15) is 48.9 Å². The molecular weight excluding hydrogens is 396 g/mol. The lowest BCUT2D eigenvalue weighted by Gasteiger charge is -2.35. The summed E-state index contributed by atoms with van der Waals surface area (Å²) in [7, 11) is 0. The minimum absolute atomic E-state index is 0.383. The largest absolute Gasteiger partial charge is 0.371 e. The van der Waals surface area contributed by atoms with Crippen LogP contribution in [0.25, 0.3) is 10.9 Å². The Morgan fingerprint density at radius 2 is 1.97 bits per heavy atom. The van der Waals surface area contributed by atoms with Crippen molar-refractivity contribution in [1.82, 2.24) is 4.98 Å². The highest BCUT2D eigenvalue weighted by atomic mass is 35.5. The third-order valence-electron chi connectivity index (χ3n) is 6.40. The number of nitrogens with zero attached hydrogens (tertiary/aromatic N) is 3. The maximum absolute atomic E-state index is 11.7. The summed E-state index contributed by atoms with van der Waals surface area (Å²) in [5.41, 5.74) is 6.19. The second kappa shape index (κ2) is 7.55. The summed E-state index contributed by atoms with van der Waals surface area (Å²) in [6.45, 7) is 6.29. The predicted octanol–water partition coefficient (Wildman–Crippen LogP) is 4.84. The van der Waals surface area contributed by atoms with Crippen molar-refractivity contribution in [3.63, 3.8) is 0 Å². The number of fused-ring (bicyclic) bond motifs is 2. The zero-order chi connectivity index (χ0) is 20.8. The summed E-state index contributed by atoms with van der Waals surface area (Å²) in [6.07, 6.45) is 4.09. The van der Waals surface area contributed by atoms with Gasteiger partial charge < -0.3 is 9.88 Å². The molecule has 5 nitrogen and oxygen atoms in total. The second-order valence-corrected chi connectivity index (χ2v) is 8.74. The van der Waals surface area contributed by atoms with Crippen molar-refractivity contribution < 1.29 is 4.79 Å². The number of H-pyrrole nitrogens is 1. The number of nitrogens with one attached hydrogen (secondary N) is 1. The van der Waals surface area contributed by atoms with Gasteiger partial charge in [0.15, 0.2) is 0 Å². The molecule has 0 bridgehead atoms. The van der Waals surface area contributed by atoms with Gasteiger partial charge in [-0.3, -0.25) is 0 Å². The van der Waals surface area contributed by atoms with Crippen molar-refractivity contribution in [1.29, 1.82) is 0 Å². The number of hydrogen-bond acceptors (Lipinski definition) is 2. The van der Waals surface area contributed by atoms with Crippen LogP contribution in [0.15, 0.2) is 40.3 Å². The molecule has 1 N–H and O–H groups in total. The van der Waals surface area contributed by atoms with Gasteiger partial charge in [-0.05, 0) is 68.0 Å². The number of anilines is 1. The van der Waals surface area contributed by atoms with Gasteiger partial charge in [0.1, 0.15) is 0 Å². The van der Waals surface area contributed by atoms with Gasteiger partial charge in [0.2, 0.25) is 0 Å². The summed E-state index contributed by atoms with van der Waals surface area (Å²) >= 11 is 6.28. The third-order valence-corrected chi connectivity index (χ3v) is 6.64. The normalized spacial score (nSPS) is 16.6. The fourth-order valence-corrected chi connectivity index (χ4v) is 5.27. The van der Waals surface area contributed by atoms with E-state index in [2.05, 4.69) is 51.9 Å². The number of hydrogen-bond donors (Lipinski definition) is 1. The van der Waals surface area contributed by atoms with Crippen molar-refractivity contribution in [2.75, 3.05) is 18.0 Å². The fourth-order valence-electron chi connectivity index (χ4n) is 5.10. The van der Waals surface area contributed by atoms with Crippen LogP contribution < -0.4 is 15.6 Å². The van der Waals surface area contributed by atoms with Gasteiger partial charge in [-0.25, -0.2) is 4.79 Å². The highest BCUT2D eigenvalue weighted by Gasteiger charge is 2.26. The number of urea groups is 1. The molecule has 0 atom stereocenters. The molecule has 30 heavy (non-hydrogen) atoms. The Kier molecular flexibility index (Phi) is 4.86. The quantitative estimate of drug-likeness (QED) is 0.656. The van der Waals surface area contributed by atoms with Gasteiger partial charge in [-0.15, -0.1) is 0 Å². The van der Waals surface area contributed by atoms with Gasteiger partial charge >= 0.3 is 6.03 Å². The number of halogens is 1. The summed E-state index contributed by atoms with van der Waals surface area (Å²) in [6, 6.07) is 9.78. The van der Waals surface area contributed by atoms with Crippen LogP contribution in [0.2, 0.25) is 5.02 Å². The maximum Gasteiger partial charge on any atom is 0.368 e.